The Morgan fingerprint density at radius 3 is 2.52 bits per heavy atom. The van der Waals surface area contributed by atoms with Gasteiger partial charge in [-0.1, -0.05) is 25.5 Å². The third-order valence-electron chi connectivity index (χ3n) is 6.79. The largest absolute Gasteiger partial charge is 0.465 e. The molecule has 0 aliphatic heterocycles. The van der Waals surface area contributed by atoms with Gasteiger partial charge in [0.05, 0.1) is 12.7 Å². The van der Waals surface area contributed by atoms with Crippen molar-refractivity contribution in [3.63, 3.8) is 0 Å². The molecule has 2 aliphatic rings. The van der Waals surface area contributed by atoms with E-state index in [1.165, 1.54) is 31.7 Å². The Labute approximate surface area is 158 Å². The molecule has 0 aromatic heterocycles. The van der Waals surface area contributed by atoms with Gasteiger partial charge in [0.15, 0.2) is 11.6 Å². The summed E-state index contributed by atoms with van der Waals surface area (Å²) >= 11 is 0. The number of rotatable bonds is 2. The lowest BCUT2D eigenvalue weighted by Crippen LogP contribution is -2.29. The van der Waals surface area contributed by atoms with Gasteiger partial charge in [0.2, 0.25) is 0 Å². The molecule has 4 unspecified atom stereocenters. The van der Waals surface area contributed by atoms with Crippen molar-refractivity contribution in [3.05, 3.63) is 47.0 Å². The van der Waals surface area contributed by atoms with E-state index >= 15 is 0 Å². The van der Waals surface area contributed by atoms with E-state index in [0.717, 1.165) is 43.3 Å². The second kappa shape index (κ2) is 7.21. The molecule has 2 fully saturated rings. The van der Waals surface area contributed by atoms with Crippen molar-refractivity contribution in [3.8, 4) is 0 Å². The van der Waals surface area contributed by atoms with Crippen LogP contribution in [-0.4, -0.2) is 13.1 Å². The van der Waals surface area contributed by atoms with Crippen LogP contribution in [0.4, 0.5) is 8.78 Å². The average molecular weight is 372 g/mol. The predicted molar refractivity (Wildman–Crippen MR) is 102 cm³/mol. The van der Waals surface area contributed by atoms with E-state index < -0.39 is 17.6 Å². The maximum atomic E-state index is 14.6. The molecule has 4 heteroatoms. The van der Waals surface area contributed by atoms with Gasteiger partial charge in [-0.25, -0.2) is 13.6 Å². The first-order valence-corrected chi connectivity index (χ1v) is 9.98. The summed E-state index contributed by atoms with van der Waals surface area (Å²) in [6.45, 7) is 2.35. The minimum absolute atomic E-state index is 0.247. The van der Waals surface area contributed by atoms with Crippen molar-refractivity contribution in [1.82, 2.24) is 0 Å². The summed E-state index contributed by atoms with van der Waals surface area (Å²) in [6, 6.07) is 6.97. The number of hydrogen-bond donors (Lipinski definition) is 0. The number of ether oxygens (including phenoxy) is 1. The van der Waals surface area contributed by atoms with Gasteiger partial charge in [-0.15, -0.1) is 0 Å². The van der Waals surface area contributed by atoms with Crippen LogP contribution in [0.25, 0.3) is 10.8 Å². The van der Waals surface area contributed by atoms with Crippen LogP contribution in [-0.2, 0) is 4.74 Å². The van der Waals surface area contributed by atoms with Gasteiger partial charge in [-0.2, -0.15) is 0 Å². The Bertz CT molecular complexity index is 876. The molecule has 2 aromatic rings. The fraction of sp³-hybridized carbons (Fsp3) is 0.522. The Morgan fingerprint density at radius 2 is 1.74 bits per heavy atom. The average Bonchev–Trinajstić information content (AvgIpc) is 2.69. The van der Waals surface area contributed by atoms with Gasteiger partial charge in [0.1, 0.15) is 0 Å². The molecule has 2 aromatic carbocycles. The lowest BCUT2D eigenvalue weighted by molar-refractivity contribution is 0.0594. The van der Waals surface area contributed by atoms with E-state index in [9.17, 15) is 13.6 Å². The topological polar surface area (TPSA) is 26.3 Å². The van der Waals surface area contributed by atoms with Crippen LogP contribution in [0, 0.1) is 29.4 Å². The highest BCUT2D eigenvalue weighted by atomic mass is 19.2. The van der Waals surface area contributed by atoms with Crippen molar-refractivity contribution in [2.24, 2.45) is 17.8 Å². The number of halogens is 2. The lowest BCUT2D eigenvalue weighted by Gasteiger charge is -2.41. The second-order valence-electron chi connectivity index (χ2n) is 8.47. The van der Waals surface area contributed by atoms with Crippen LogP contribution >= 0.6 is 0 Å². The number of fused-ring (bicyclic) bond motifs is 2. The van der Waals surface area contributed by atoms with E-state index in [-0.39, 0.29) is 10.9 Å². The van der Waals surface area contributed by atoms with Crippen LogP contribution in [0.1, 0.15) is 67.3 Å². The van der Waals surface area contributed by atoms with E-state index in [1.54, 1.807) is 12.1 Å². The highest BCUT2D eigenvalue weighted by Gasteiger charge is 2.35. The smallest absolute Gasteiger partial charge is 0.340 e. The van der Waals surface area contributed by atoms with Gasteiger partial charge < -0.3 is 4.74 Å². The molecule has 4 rings (SSSR count). The van der Waals surface area contributed by atoms with Gasteiger partial charge in [-0.05, 0) is 78.9 Å². The van der Waals surface area contributed by atoms with E-state index in [2.05, 4.69) is 11.7 Å². The molecule has 0 saturated heterocycles. The summed E-state index contributed by atoms with van der Waals surface area (Å²) in [5, 5.41) is 0.773. The van der Waals surface area contributed by atoms with Crippen molar-refractivity contribution in [1.29, 1.82) is 0 Å². The molecule has 2 aliphatic carbocycles. The van der Waals surface area contributed by atoms with Crippen LogP contribution in [0.3, 0.4) is 0 Å². The maximum absolute atomic E-state index is 14.6. The maximum Gasteiger partial charge on any atom is 0.340 e. The van der Waals surface area contributed by atoms with E-state index in [0.29, 0.717) is 11.3 Å². The number of hydrogen-bond acceptors (Lipinski definition) is 2. The van der Waals surface area contributed by atoms with Gasteiger partial charge >= 0.3 is 5.97 Å². The minimum atomic E-state index is -1.13. The minimum Gasteiger partial charge on any atom is -0.465 e. The summed E-state index contributed by atoms with van der Waals surface area (Å²) in [4.78, 5) is 11.7. The van der Waals surface area contributed by atoms with Crippen molar-refractivity contribution in [2.75, 3.05) is 7.11 Å². The zero-order chi connectivity index (χ0) is 19.1. The third-order valence-corrected chi connectivity index (χ3v) is 6.79. The van der Waals surface area contributed by atoms with Crippen LogP contribution in [0.2, 0.25) is 0 Å². The van der Waals surface area contributed by atoms with E-state index in [4.69, 9.17) is 0 Å². The first-order valence-electron chi connectivity index (χ1n) is 9.98. The van der Waals surface area contributed by atoms with Crippen LogP contribution in [0.5, 0.6) is 0 Å². The molecule has 0 N–H and O–H groups in total. The zero-order valence-corrected chi connectivity index (χ0v) is 15.9. The van der Waals surface area contributed by atoms with Crippen LogP contribution in [0.15, 0.2) is 24.3 Å². The fourth-order valence-corrected chi connectivity index (χ4v) is 5.28. The molecule has 0 amide bonds. The fourth-order valence-electron chi connectivity index (χ4n) is 5.28. The lowest BCUT2D eigenvalue weighted by atomic mass is 9.64. The summed E-state index contributed by atoms with van der Waals surface area (Å²) in [5.74, 6) is -0.105. The van der Waals surface area contributed by atoms with Crippen LogP contribution < -0.4 is 0 Å². The second-order valence-corrected chi connectivity index (χ2v) is 8.47. The normalized spacial score (nSPS) is 28.0. The highest BCUT2D eigenvalue weighted by Crippen LogP contribution is 2.47. The van der Waals surface area contributed by atoms with Gasteiger partial charge in [0, 0.05) is 5.39 Å². The molecular weight excluding hydrogens is 346 g/mol. The molecule has 0 spiro atoms. The third kappa shape index (κ3) is 3.35. The van der Waals surface area contributed by atoms with E-state index in [1.807, 2.05) is 6.07 Å². The standard InChI is InChI=1S/C23H26F2O2/c1-13-3-4-15-10-16(6-5-14(15)9-13)17-7-8-18-12-20(23(26)27-2)22(25)21(24)19(18)11-17/h7-8,11-16H,3-6,9-10H2,1-2H3. The van der Waals surface area contributed by atoms with Gasteiger partial charge in [-0.3, -0.25) is 0 Å². The molecule has 4 atom stereocenters. The molecular formula is C23H26F2O2. The number of esters is 1. The molecule has 2 nitrogen and oxygen atoms in total. The molecule has 0 bridgehead atoms. The number of methoxy groups -OCH3 is 1. The monoisotopic (exact) mass is 372 g/mol. The van der Waals surface area contributed by atoms with Crippen molar-refractivity contribution >= 4 is 16.7 Å². The Balaban J connectivity index is 1.64. The number of benzene rings is 2. The quantitative estimate of drug-likeness (QED) is 0.585. The predicted octanol–water partition coefficient (Wildman–Crippen LogP) is 6.22. The van der Waals surface area contributed by atoms with Crippen molar-refractivity contribution in [2.45, 2.75) is 51.4 Å². The summed E-state index contributed by atoms with van der Waals surface area (Å²) < 4.78 is 33.5. The molecule has 27 heavy (non-hydrogen) atoms. The van der Waals surface area contributed by atoms with Gasteiger partial charge in [0.25, 0.3) is 0 Å². The Morgan fingerprint density at radius 1 is 1.00 bits per heavy atom. The molecule has 0 radical (unpaired) electrons. The molecule has 2 saturated carbocycles. The first kappa shape index (κ1) is 18.4. The highest BCUT2D eigenvalue weighted by molar-refractivity contribution is 5.96. The van der Waals surface area contributed by atoms with Crippen molar-refractivity contribution < 1.29 is 18.3 Å². The Hall–Kier alpha value is -1.97. The number of carbonyl (C=O) groups excluding carboxylic acids is 1. The molecule has 0 heterocycles. The molecule has 144 valence electrons. The SMILES string of the molecule is COC(=O)c1cc2ccc(C3CCC4CC(C)CCC4C3)cc2c(F)c1F. The summed E-state index contributed by atoms with van der Waals surface area (Å²) in [6.07, 6.45) is 7.43. The zero-order valence-electron chi connectivity index (χ0n) is 15.9. The first-order chi connectivity index (χ1) is 13.0. The summed E-state index contributed by atoms with van der Waals surface area (Å²) in [5.41, 5.74) is 0.732. The number of carbonyl (C=O) groups is 1. The summed E-state index contributed by atoms with van der Waals surface area (Å²) in [7, 11) is 1.16. The Kier molecular flexibility index (Phi) is 4.92.